The third-order valence-corrected chi connectivity index (χ3v) is 4.39. The van der Waals surface area contributed by atoms with Crippen molar-refractivity contribution in [3.63, 3.8) is 0 Å². The van der Waals surface area contributed by atoms with Crippen LogP contribution in [0, 0.1) is 0 Å². The topological polar surface area (TPSA) is 29.9 Å². The highest BCUT2D eigenvalue weighted by molar-refractivity contribution is 5.29. The number of hydrogen-bond donors (Lipinski definition) is 1. The van der Waals surface area contributed by atoms with E-state index in [1.807, 2.05) is 18.5 Å². The maximum absolute atomic E-state index is 4.19. The Morgan fingerprint density at radius 2 is 2.29 bits per heavy atom. The fourth-order valence-electron chi connectivity index (χ4n) is 3.31. The minimum atomic E-state index is 0.548. The third-order valence-electron chi connectivity index (χ3n) is 4.39. The fourth-order valence-corrected chi connectivity index (χ4v) is 3.31. The molecule has 21 heavy (non-hydrogen) atoms. The Hall–Kier alpha value is -1.61. The average molecular weight is 283 g/mol. The van der Waals surface area contributed by atoms with Gasteiger partial charge in [0.05, 0.1) is 0 Å². The van der Waals surface area contributed by atoms with Crippen molar-refractivity contribution in [1.82, 2.24) is 14.9 Å². The Morgan fingerprint density at radius 1 is 1.33 bits per heavy atom. The van der Waals surface area contributed by atoms with Crippen molar-refractivity contribution in [1.29, 1.82) is 0 Å². The van der Waals surface area contributed by atoms with Gasteiger partial charge in [0.25, 0.3) is 0 Å². The highest BCUT2D eigenvalue weighted by Crippen LogP contribution is 2.29. The maximum Gasteiger partial charge on any atom is 0.0337 e. The van der Waals surface area contributed by atoms with Crippen LogP contribution >= 0.6 is 0 Å². The van der Waals surface area contributed by atoms with E-state index in [9.17, 15) is 0 Å². The van der Waals surface area contributed by atoms with E-state index in [1.165, 1.54) is 36.8 Å². The first-order chi connectivity index (χ1) is 10.4. The van der Waals surface area contributed by atoms with Gasteiger partial charge in [0.15, 0.2) is 0 Å². The molecular formula is C18H25N3. The molecule has 112 valence electrons. The second kappa shape index (κ2) is 6.90. The molecule has 0 aromatic carbocycles. The summed E-state index contributed by atoms with van der Waals surface area (Å²) in [4.78, 5) is 4.19. The third kappa shape index (κ3) is 3.53. The summed E-state index contributed by atoms with van der Waals surface area (Å²) in [6.07, 6.45) is 14.7. The van der Waals surface area contributed by atoms with Crippen LogP contribution in [0.25, 0.3) is 0 Å². The van der Waals surface area contributed by atoms with Crippen LogP contribution in [0.15, 0.2) is 36.9 Å². The second-order valence-corrected chi connectivity index (χ2v) is 5.94. The largest absolute Gasteiger partial charge is 0.353 e. The fraction of sp³-hybridized carbons (Fsp3) is 0.500. The Labute approximate surface area is 127 Å². The lowest BCUT2D eigenvalue weighted by Crippen LogP contribution is -2.20. The van der Waals surface area contributed by atoms with Crippen molar-refractivity contribution in [2.75, 3.05) is 6.54 Å². The molecule has 0 saturated heterocycles. The SMILES string of the molecule is CCNC1CCCCc2cn(CCc3cccnc3)cc21. The molecular weight excluding hydrogens is 258 g/mol. The van der Waals surface area contributed by atoms with Crippen LogP contribution in [0.2, 0.25) is 0 Å². The minimum Gasteiger partial charge on any atom is -0.353 e. The van der Waals surface area contributed by atoms with Crippen LogP contribution < -0.4 is 5.32 Å². The smallest absolute Gasteiger partial charge is 0.0337 e. The first kappa shape index (κ1) is 14.3. The van der Waals surface area contributed by atoms with Gasteiger partial charge in [-0.15, -0.1) is 0 Å². The van der Waals surface area contributed by atoms with E-state index in [1.54, 1.807) is 5.56 Å². The molecule has 0 radical (unpaired) electrons. The van der Waals surface area contributed by atoms with Crippen molar-refractivity contribution >= 4 is 0 Å². The van der Waals surface area contributed by atoms with Crippen LogP contribution in [0.4, 0.5) is 0 Å². The molecule has 1 aliphatic carbocycles. The molecule has 0 fully saturated rings. The summed E-state index contributed by atoms with van der Waals surface area (Å²) in [5, 5.41) is 3.64. The first-order valence-corrected chi connectivity index (χ1v) is 8.17. The van der Waals surface area contributed by atoms with Gasteiger partial charge in [0.1, 0.15) is 0 Å². The molecule has 0 bridgehead atoms. The average Bonchev–Trinajstić information content (AvgIpc) is 2.84. The van der Waals surface area contributed by atoms with Crippen LogP contribution in [0.5, 0.6) is 0 Å². The van der Waals surface area contributed by atoms with Crippen molar-refractivity contribution in [2.24, 2.45) is 0 Å². The number of nitrogens with one attached hydrogen (secondary N) is 1. The zero-order valence-corrected chi connectivity index (χ0v) is 12.9. The summed E-state index contributed by atoms with van der Waals surface area (Å²) in [5.41, 5.74) is 4.38. The van der Waals surface area contributed by atoms with Gasteiger partial charge in [-0.05, 0) is 55.0 Å². The summed E-state index contributed by atoms with van der Waals surface area (Å²) >= 11 is 0. The Kier molecular flexibility index (Phi) is 4.71. The molecule has 0 saturated carbocycles. The van der Waals surface area contributed by atoms with Crippen LogP contribution in [0.3, 0.4) is 0 Å². The lowest BCUT2D eigenvalue weighted by atomic mass is 10.0. The van der Waals surface area contributed by atoms with Crippen molar-refractivity contribution in [3.05, 3.63) is 53.6 Å². The van der Waals surface area contributed by atoms with E-state index < -0.39 is 0 Å². The summed E-state index contributed by atoms with van der Waals surface area (Å²) in [7, 11) is 0. The Bertz CT molecular complexity index is 559. The minimum absolute atomic E-state index is 0.548. The number of nitrogens with zero attached hydrogens (tertiary/aromatic N) is 2. The van der Waals surface area contributed by atoms with E-state index in [-0.39, 0.29) is 0 Å². The maximum atomic E-state index is 4.19. The quantitative estimate of drug-likeness (QED) is 0.851. The van der Waals surface area contributed by atoms with Crippen molar-refractivity contribution in [2.45, 2.75) is 51.6 Å². The molecule has 1 N–H and O–H groups in total. The van der Waals surface area contributed by atoms with Gasteiger partial charge in [-0.25, -0.2) is 0 Å². The standard InChI is InChI=1S/C18H25N3/c1-2-20-18-8-4-3-7-16-13-21(14-17(16)18)11-9-15-6-5-10-19-12-15/h5-6,10,12-14,18,20H,2-4,7-9,11H2,1H3. The van der Waals surface area contributed by atoms with Gasteiger partial charge < -0.3 is 9.88 Å². The summed E-state index contributed by atoms with van der Waals surface area (Å²) in [5.74, 6) is 0. The monoisotopic (exact) mass is 283 g/mol. The van der Waals surface area contributed by atoms with Gasteiger partial charge in [-0.2, -0.15) is 0 Å². The van der Waals surface area contributed by atoms with Gasteiger partial charge >= 0.3 is 0 Å². The lowest BCUT2D eigenvalue weighted by molar-refractivity contribution is 0.501. The van der Waals surface area contributed by atoms with Crippen LogP contribution in [-0.4, -0.2) is 16.1 Å². The lowest BCUT2D eigenvalue weighted by Gasteiger charge is -2.15. The highest BCUT2D eigenvalue weighted by Gasteiger charge is 2.19. The molecule has 2 heterocycles. The van der Waals surface area contributed by atoms with Gasteiger partial charge in [0, 0.05) is 37.4 Å². The Morgan fingerprint density at radius 3 is 3.10 bits per heavy atom. The molecule has 2 aromatic heterocycles. The van der Waals surface area contributed by atoms with Crippen LogP contribution in [-0.2, 0) is 19.4 Å². The van der Waals surface area contributed by atoms with E-state index in [2.05, 4.69) is 40.3 Å². The summed E-state index contributed by atoms with van der Waals surface area (Å²) in [6, 6.07) is 4.72. The molecule has 0 aliphatic heterocycles. The predicted molar refractivity (Wildman–Crippen MR) is 86.3 cm³/mol. The summed E-state index contributed by atoms with van der Waals surface area (Å²) in [6.45, 7) is 4.28. The van der Waals surface area contributed by atoms with Gasteiger partial charge in [-0.3, -0.25) is 4.98 Å². The normalized spacial score (nSPS) is 18.2. The number of rotatable bonds is 5. The van der Waals surface area contributed by atoms with E-state index >= 15 is 0 Å². The molecule has 1 unspecified atom stereocenters. The number of aryl methyl sites for hydroxylation is 3. The molecule has 2 aromatic rings. The van der Waals surface area contributed by atoms with Gasteiger partial charge in [-0.1, -0.05) is 19.4 Å². The van der Waals surface area contributed by atoms with Gasteiger partial charge in [0.2, 0.25) is 0 Å². The Balaban J connectivity index is 1.71. The first-order valence-electron chi connectivity index (χ1n) is 8.17. The molecule has 3 heteroatoms. The zero-order chi connectivity index (χ0) is 14.5. The predicted octanol–water partition coefficient (Wildman–Crippen LogP) is 3.50. The van der Waals surface area contributed by atoms with Crippen LogP contribution in [0.1, 0.15) is 48.9 Å². The molecule has 3 nitrogen and oxygen atoms in total. The molecule has 1 aliphatic rings. The molecule has 0 amide bonds. The van der Waals surface area contributed by atoms with E-state index in [0.29, 0.717) is 6.04 Å². The van der Waals surface area contributed by atoms with E-state index in [0.717, 1.165) is 19.5 Å². The summed E-state index contributed by atoms with van der Waals surface area (Å²) < 4.78 is 2.37. The van der Waals surface area contributed by atoms with E-state index in [4.69, 9.17) is 0 Å². The van der Waals surface area contributed by atoms with Crippen molar-refractivity contribution in [3.8, 4) is 0 Å². The number of fused-ring (bicyclic) bond motifs is 1. The zero-order valence-electron chi connectivity index (χ0n) is 12.9. The molecule has 1 atom stereocenters. The number of aromatic nitrogens is 2. The molecule has 0 spiro atoms. The second-order valence-electron chi connectivity index (χ2n) is 5.94. The highest BCUT2D eigenvalue weighted by atomic mass is 15.0. The van der Waals surface area contributed by atoms with Crippen molar-refractivity contribution < 1.29 is 0 Å². The number of pyridine rings is 1. The number of hydrogen-bond acceptors (Lipinski definition) is 2. The molecule has 3 rings (SSSR count).